The van der Waals surface area contributed by atoms with Gasteiger partial charge in [0.05, 0.1) is 11.6 Å². The molecule has 8 nitrogen and oxygen atoms in total. The Hall–Kier alpha value is -4.51. The fourth-order valence-corrected chi connectivity index (χ4v) is 2.76. The molecule has 0 unspecified atom stereocenters. The Morgan fingerprint density at radius 1 is 1.00 bits per heavy atom. The molecule has 0 fully saturated rings. The van der Waals surface area contributed by atoms with E-state index in [4.69, 9.17) is 9.78 Å². The van der Waals surface area contributed by atoms with Gasteiger partial charge in [0.25, 0.3) is 5.91 Å². The summed E-state index contributed by atoms with van der Waals surface area (Å²) in [7, 11) is 0. The fraction of sp³-hybridized carbons (Fsp3) is 0.0455. The molecule has 0 aliphatic rings. The van der Waals surface area contributed by atoms with Gasteiger partial charge in [0.2, 0.25) is 0 Å². The number of aryl methyl sites for hydroxylation is 1. The van der Waals surface area contributed by atoms with Crippen molar-refractivity contribution in [2.24, 2.45) is 0 Å². The van der Waals surface area contributed by atoms with Crippen LogP contribution in [0.4, 0.5) is 17.3 Å². The molecule has 1 amide bonds. The summed E-state index contributed by atoms with van der Waals surface area (Å²) in [5, 5.41) is 18.7. The van der Waals surface area contributed by atoms with Crippen molar-refractivity contribution >= 4 is 23.2 Å². The van der Waals surface area contributed by atoms with Gasteiger partial charge >= 0.3 is 0 Å². The molecule has 0 spiro atoms. The summed E-state index contributed by atoms with van der Waals surface area (Å²) in [6.07, 6.45) is 0. The Bertz CT molecular complexity index is 1240. The van der Waals surface area contributed by atoms with Gasteiger partial charge in [-0.3, -0.25) is 4.79 Å². The van der Waals surface area contributed by atoms with E-state index in [1.807, 2.05) is 36.4 Å². The number of anilines is 3. The molecule has 0 saturated carbocycles. The normalized spacial score (nSPS) is 10.3. The van der Waals surface area contributed by atoms with Crippen LogP contribution in [0.15, 0.2) is 71.3 Å². The number of rotatable bonds is 5. The van der Waals surface area contributed by atoms with E-state index in [-0.39, 0.29) is 5.69 Å². The summed E-state index contributed by atoms with van der Waals surface area (Å²) in [6.45, 7) is 1.73. The topological polar surface area (TPSA) is 117 Å². The number of aromatic nitrogens is 3. The third-order valence-electron chi connectivity index (χ3n) is 4.12. The van der Waals surface area contributed by atoms with Gasteiger partial charge in [0.15, 0.2) is 11.6 Å². The minimum Gasteiger partial charge on any atom is -0.360 e. The van der Waals surface area contributed by atoms with Crippen molar-refractivity contribution in [2.45, 2.75) is 6.92 Å². The highest BCUT2D eigenvalue weighted by atomic mass is 16.5. The van der Waals surface area contributed by atoms with Crippen LogP contribution in [-0.2, 0) is 0 Å². The van der Waals surface area contributed by atoms with Crippen molar-refractivity contribution < 1.29 is 9.32 Å². The molecule has 2 heterocycles. The van der Waals surface area contributed by atoms with Gasteiger partial charge < -0.3 is 15.2 Å². The van der Waals surface area contributed by atoms with E-state index in [1.165, 1.54) is 6.07 Å². The Morgan fingerprint density at radius 3 is 2.57 bits per heavy atom. The molecule has 0 bridgehead atoms. The number of nitrogens with zero attached hydrogens (tertiary/aromatic N) is 4. The number of carbonyl (C=O) groups is 1. The summed E-state index contributed by atoms with van der Waals surface area (Å²) < 4.78 is 4.98. The van der Waals surface area contributed by atoms with Crippen LogP contribution >= 0.6 is 0 Å². The van der Waals surface area contributed by atoms with Crippen molar-refractivity contribution in [3.63, 3.8) is 0 Å². The van der Waals surface area contributed by atoms with Crippen molar-refractivity contribution in [1.29, 1.82) is 5.26 Å². The van der Waals surface area contributed by atoms with Gasteiger partial charge in [0, 0.05) is 23.4 Å². The van der Waals surface area contributed by atoms with Crippen LogP contribution in [0.5, 0.6) is 0 Å². The van der Waals surface area contributed by atoms with E-state index in [0.29, 0.717) is 34.5 Å². The summed E-state index contributed by atoms with van der Waals surface area (Å²) in [5.74, 6) is 1.24. The van der Waals surface area contributed by atoms with Crippen LogP contribution in [0, 0.1) is 18.3 Å². The number of hydrogen-bond acceptors (Lipinski definition) is 7. The summed E-state index contributed by atoms with van der Waals surface area (Å²) in [5.41, 5.74) is 2.10. The average molecular weight is 396 g/mol. The van der Waals surface area contributed by atoms with E-state index < -0.39 is 5.91 Å². The minimum atomic E-state index is -0.447. The van der Waals surface area contributed by atoms with E-state index >= 15 is 0 Å². The molecule has 0 aliphatic heterocycles. The number of nitriles is 1. The highest BCUT2D eigenvalue weighted by Crippen LogP contribution is 2.22. The number of hydrogen-bond donors (Lipinski definition) is 2. The van der Waals surface area contributed by atoms with E-state index in [9.17, 15) is 4.79 Å². The zero-order valence-corrected chi connectivity index (χ0v) is 16.0. The van der Waals surface area contributed by atoms with Crippen LogP contribution in [0.25, 0.3) is 11.4 Å². The number of nitrogens with one attached hydrogen (secondary N) is 2. The lowest BCUT2D eigenvalue weighted by Gasteiger charge is -2.10. The lowest BCUT2D eigenvalue weighted by molar-refractivity contribution is 0.102. The largest absolute Gasteiger partial charge is 0.360 e. The maximum absolute atomic E-state index is 12.8. The quantitative estimate of drug-likeness (QED) is 0.516. The predicted molar refractivity (Wildman–Crippen MR) is 111 cm³/mol. The second kappa shape index (κ2) is 8.24. The zero-order valence-electron chi connectivity index (χ0n) is 16.0. The molecule has 4 aromatic rings. The smallest absolute Gasteiger partial charge is 0.275 e. The molecule has 8 heteroatoms. The summed E-state index contributed by atoms with van der Waals surface area (Å²) >= 11 is 0. The van der Waals surface area contributed by atoms with Crippen molar-refractivity contribution in [1.82, 2.24) is 15.1 Å². The van der Waals surface area contributed by atoms with E-state index in [2.05, 4.69) is 31.8 Å². The lowest BCUT2D eigenvalue weighted by atomic mass is 10.2. The monoisotopic (exact) mass is 396 g/mol. The zero-order chi connectivity index (χ0) is 20.9. The Kier molecular flexibility index (Phi) is 5.17. The molecule has 2 N–H and O–H groups in total. The average Bonchev–Trinajstić information content (AvgIpc) is 3.18. The summed E-state index contributed by atoms with van der Waals surface area (Å²) in [4.78, 5) is 21.7. The van der Waals surface area contributed by atoms with Gasteiger partial charge in [0.1, 0.15) is 17.3 Å². The summed E-state index contributed by atoms with van der Waals surface area (Å²) in [6, 6.07) is 21.6. The minimum absolute atomic E-state index is 0.156. The van der Waals surface area contributed by atoms with Crippen LogP contribution in [0.1, 0.15) is 21.8 Å². The Morgan fingerprint density at radius 2 is 1.83 bits per heavy atom. The van der Waals surface area contributed by atoms with Gasteiger partial charge in [-0.1, -0.05) is 41.6 Å². The van der Waals surface area contributed by atoms with Gasteiger partial charge in [-0.15, -0.1) is 0 Å². The molecular formula is C22H16N6O2. The molecule has 30 heavy (non-hydrogen) atoms. The van der Waals surface area contributed by atoms with Crippen molar-refractivity contribution in [2.75, 3.05) is 10.6 Å². The molecule has 0 atom stereocenters. The lowest BCUT2D eigenvalue weighted by Crippen LogP contribution is -2.15. The Labute approximate surface area is 172 Å². The van der Waals surface area contributed by atoms with Gasteiger partial charge in [-0.25, -0.2) is 9.97 Å². The second-order valence-corrected chi connectivity index (χ2v) is 6.42. The molecule has 0 radical (unpaired) electrons. The first-order valence-corrected chi connectivity index (χ1v) is 9.07. The molecule has 2 aromatic carbocycles. The molecule has 4 rings (SSSR count). The SMILES string of the molecule is Cc1cc(NC(=O)c2cc(Nc3cccc(C#N)c3)nc(-c3ccccc3)n2)no1. The maximum atomic E-state index is 12.8. The van der Waals surface area contributed by atoms with Gasteiger partial charge in [-0.05, 0) is 25.1 Å². The van der Waals surface area contributed by atoms with Crippen molar-refractivity contribution in [3.05, 3.63) is 83.7 Å². The van der Waals surface area contributed by atoms with Crippen LogP contribution < -0.4 is 10.6 Å². The maximum Gasteiger partial charge on any atom is 0.275 e. The number of amides is 1. The first-order valence-electron chi connectivity index (χ1n) is 9.07. The number of carbonyl (C=O) groups excluding carboxylic acids is 1. The third kappa shape index (κ3) is 4.31. The third-order valence-corrected chi connectivity index (χ3v) is 4.12. The molecule has 2 aromatic heterocycles. The second-order valence-electron chi connectivity index (χ2n) is 6.42. The number of benzene rings is 2. The first kappa shape index (κ1) is 18.8. The Balaban J connectivity index is 1.70. The highest BCUT2D eigenvalue weighted by molar-refractivity contribution is 6.03. The van der Waals surface area contributed by atoms with E-state index in [1.54, 1.807) is 31.2 Å². The van der Waals surface area contributed by atoms with Gasteiger partial charge in [-0.2, -0.15) is 5.26 Å². The molecule has 0 aliphatic carbocycles. The van der Waals surface area contributed by atoms with Crippen LogP contribution in [0.2, 0.25) is 0 Å². The van der Waals surface area contributed by atoms with Crippen molar-refractivity contribution in [3.8, 4) is 17.5 Å². The standard InChI is InChI=1S/C22H16N6O2/c1-14-10-20(28-30-14)27-22(29)18-12-19(24-17-9-5-6-15(11-17)13-23)26-21(25-18)16-7-3-2-4-8-16/h2-12H,1H3,(H,24,25,26)(H,27,28,29). The van der Waals surface area contributed by atoms with E-state index in [0.717, 1.165) is 5.56 Å². The molecule has 0 saturated heterocycles. The fourth-order valence-electron chi connectivity index (χ4n) is 2.76. The molecular weight excluding hydrogens is 380 g/mol. The first-order chi connectivity index (χ1) is 14.6. The highest BCUT2D eigenvalue weighted by Gasteiger charge is 2.15. The van der Waals surface area contributed by atoms with Crippen LogP contribution in [0.3, 0.4) is 0 Å². The molecule has 146 valence electrons. The predicted octanol–water partition coefficient (Wildman–Crippen LogP) is 4.31. The van der Waals surface area contributed by atoms with Crippen LogP contribution in [-0.4, -0.2) is 21.0 Å².